The Labute approximate surface area is 161 Å². The van der Waals surface area contributed by atoms with Crippen molar-refractivity contribution in [3.8, 4) is 0 Å². The number of hydrogen-bond donors (Lipinski definition) is 0. The average molecular weight is 387 g/mol. The Kier molecular flexibility index (Phi) is 4.18. The van der Waals surface area contributed by atoms with Crippen LogP contribution in [0.1, 0.15) is 35.7 Å². The van der Waals surface area contributed by atoms with Crippen LogP contribution in [0.3, 0.4) is 0 Å². The fraction of sp³-hybridized carbons (Fsp3) is 0.350. The predicted molar refractivity (Wildman–Crippen MR) is 102 cm³/mol. The molecule has 0 spiro atoms. The van der Waals surface area contributed by atoms with Crippen molar-refractivity contribution in [1.82, 2.24) is 19.7 Å². The Hall–Kier alpha value is -2.47. The number of pyridine rings is 1. The smallest absolute Gasteiger partial charge is 0.254 e. The minimum absolute atomic E-state index is 0.0859. The molecule has 1 saturated heterocycles. The van der Waals surface area contributed by atoms with Crippen LogP contribution in [0.15, 0.2) is 36.7 Å². The third kappa shape index (κ3) is 3.18. The zero-order valence-electron chi connectivity index (χ0n) is 15.4. The lowest BCUT2D eigenvalue weighted by Gasteiger charge is -2.24. The number of benzene rings is 1. The summed E-state index contributed by atoms with van der Waals surface area (Å²) in [5.74, 6) is -0.332. The van der Waals surface area contributed by atoms with E-state index >= 15 is 0 Å². The summed E-state index contributed by atoms with van der Waals surface area (Å²) in [5, 5.41) is 5.05. The number of nitrogens with zero attached hydrogens (tertiary/aromatic N) is 4. The van der Waals surface area contributed by atoms with E-state index in [4.69, 9.17) is 11.6 Å². The predicted octanol–water partition coefficient (Wildman–Crippen LogP) is 4.03. The van der Waals surface area contributed by atoms with Crippen LogP contribution in [-0.2, 0) is 7.05 Å². The first-order chi connectivity index (χ1) is 12.7. The van der Waals surface area contributed by atoms with Crippen molar-refractivity contribution >= 4 is 28.4 Å². The van der Waals surface area contributed by atoms with Crippen molar-refractivity contribution in [1.29, 1.82) is 0 Å². The molecule has 4 rings (SSSR count). The number of aryl methyl sites for hydroxylation is 1. The highest BCUT2D eigenvalue weighted by atomic mass is 35.5. The van der Waals surface area contributed by atoms with Gasteiger partial charge in [-0.1, -0.05) is 25.4 Å². The van der Waals surface area contributed by atoms with E-state index in [-0.39, 0.29) is 22.4 Å². The summed E-state index contributed by atoms with van der Waals surface area (Å²) in [7, 11) is 1.89. The normalized spacial score (nSPS) is 19.0. The van der Waals surface area contributed by atoms with E-state index in [1.807, 2.05) is 24.3 Å². The Balaban J connectivity index is 1.71. The Bertz CT molecular complexity index is 1040. The first-order valence-corrected chi connectivity index (χ1v) is 9.16. The van der Waals surface area contributed by atoms with Gasteiger partial charge in [-0.05, 0) is 29.2 Å². The molecule has 0 N–H and O–H groups in total. The van der Waals surface area contributed by atoms with Gasteiger partial charge in [0.15, 0.2) is 0 Å². The van der Waals surface area contributed by atoms with E-state index in [2.05, 4.69) is 23.9 Å². The van der Waals surface area contributed by atoms with Gasteiger partial charge in [0.1, 0.15) is 11.0 Å². The molecule has 1 atom stereocenters. The van der Waals surface area contributed by atoms with Crippen molar-refractivity contribution in [3.63, 3.8) is 0 Å². The van der Waals surface area contributed by atoms with Gasteiger partial charge in [0, 0.05) is 43.7 Å². The molecule has 7 heteroatoms. The van der Waals surface area contributed by atoms with Gasteiger partial charge in [0.2, 0.25) is 0 Å². The van der Waals surface area contributed by atoms with Crippen LogP contribution in [0.4, 0.5) is 4.39 Å². The topological polar surface area (TPSA) is 51.0 Å². The maximum atomic E-state index is 13.6. The fourth-order valence-corrected chi connectivity index (χ4v) is 4.18. The maximum Gasteiger partial charge on any atom is 0.254 e. The van der Waals surface area contributed by atoms with Crippen molar-refractivity contribution in [2.75, 3.05) is 13.1 Å². The lowest BCUT2D eigenvalue weighted by Crippen LogP contribution is -2.30. The quantitative estimate of drug-likeness (QED) is 0.625. The molecule has 1 aromatic carbocycles. The zero-order chi connectivity index (χ0) is 19.3. The molecule has 27 heavy (non-hydrogen) atoms. The highest BCUT2D eigenvalue weighted by molar-refractivity contribution is 6.30. The number of aromatic nitrogens is 3. The van der Waals surface area contributed by atoms with E-state index in [0.29, 0.717) is 29.6 Å². The number of carbonyl (C=O) groups is 1. The van der Waals surface area contributed by atoms with E-state index < -0.39 is 5.82 Å². The Morgan fingerprint density at radius 1 is 1.33 bits per heavy atom. The standard InChI is InChI=1S/C20H20ClFN4O/c1-20(2)11-26(10-16(20)12-8-23-25(3)9-12)19(27)15-7-18(21)24-17-6-13(22)4-5-14(15)17/h4-9,16H,10-11H2,1-3H3. The third-order valence-corrected chi connectivity index (χ3v) is 5.52. The molecule has 0 saturated carbocycles. The number of hydrogen-bond acceptors (Lipinski definition) is 3. The molecule has 3 aromatic rings. The maximum absolute atomic E-state index is 13.6. The summed E-state index contributed by atoms with van der Waals surface area (Å²) >= 11 is 6.09. The first kappa shape index (κ1) is 17.9. The van der Waals surface area contributed by atoms with E-state index in [1.165, 1.54) is 12.1 Å². The largest absolute Gasteiger partial charge is 0.337 e. The number of halogens is 2. The van der Waals surface area contributed by atoms with Crippen molar-refractivity contribution < 1.29 is 9.18 Å². The molecule has 2 aromatic heterocycles. The van der Waals surface area contributed by atoms with Crippen LogP contribution in [0.5, 0.6) is 0 Å². The molecule has 3 heterocycles. The van der Waals surface area contributed by atoms with Crippen LogP contribution < -0.4 is 0 Å². The van der Waals surface area contributed by atoms with Gasteiger partial charge >= 0.3 is 0 Å². The summed E-state index contributed by atoms with van der Waals surface area (Å²) in [6.07, 6.45) is 3.86. The van der Waals surface area contributed by atoms with Crippen molar-refractivity contribution in [2.24, 2.45) is 12.5 Å². The molecule has 0 bridgehead atoms. The first-order valence-electron chi connectivity index (χ1n) is 8.78. The van der Waals surface area contributed by atoms with E-state index in [0.717, 1.165) is 5.56 Å². The third-order valence-electron chi connectivity index (χ3n) is 5.33. The minimum Gasteiger partial charge on any atom is -0.337 e. The number of rotatable bonds is 2. The molecule has 1 fully saturated rings. The fourth-order valence-electron chi connectivity index (χ4n) is 3.98. The van der Waals surface area contributed by atoms with Crippen LogP contribution in [-0.4, -0.2) is 38.7 Å². The molecule has 140 valence electrons. The SMILES string of the molecule is Cn1cc(C2CN(C(=O)c3cc(Cl)nc4cc(F)ccc34)CC2(C)C)cn1. The molecule has 1 amide bonds. The summed E-state index contributed by atoms with van der Waals surface area (Å²) in [4.78, 5) is 19.3. The van der Waals surface area contributed by atoms with Crippen LogP contribution in [0.2, 0.25) is 5.15 Å². The average Bonchev–Trinajstić information content (AvgIpc) is 3.15. The second-order valence-electron chi connectivity index (χ2n) is 7.83. The highest BCUT2D eigenvalue weighted by Gasteiger charge is 2.43. The summed E-state index contributed by atoms with van der Waals surface area (Å²) in [6, 6.07) is 5.78. The second-order valence-corrected chi connectivity index (χ2v) is 8.22. The molecular weight excluding hydrogens is 367 g/mol. The Morgan fingerprint density at radius 2 is 2.11 bits per heavy atom. The van der Waals surface area contributed by atoms with E-state index in [9.17, 15) is 9.18 Å². The van der Waals surface area contributed by atoms with Crippen molar-refractivity contribution in [3.05, 3.63) is 58.8 Å². The Morgan fingerprint density at radius 3 is 2.81 bits per heavy atom. The number of amides is 1. The molecule has 5 nitrogen and oxygen atoms in total. The molecule has 1 aliphatic heterocycles. The highest BCUT2D eigenvalue weighted by Crippen LogP contribution is 2.42. The van der Waals surface area contributed by atoms with Gasteiger partial charge < -0.3 is 4.90 Å². The van der Waals surface area contributed by atoms with Gasteiger partial charge in [-0.3, -0.25) is 9.48 Å². The van der Waals surface area contributed by atoms with Gasteiger partial charge in [0.25, 0.3) is 5.91 Å². The van der Waals surface area contributed by atoms with Gasteiger partial charge in [0.05, 0.1) is 17.3 Å². The van der Waals surface area contributed by atoms with Crippen LogP contribution in [0, 0.1) is 11.2 Å². The molecule has 0 radical (unpaired) electrons. The zero-order valence-corrected chi connectivity index (χ0v) is 16.2. The second kappa shape index (κ2) is 6.30. The summed E-state index contributed by atoms with van der Waals surface area (Å²) in [5.41, 5.74) is 1.87. The molecule has 1 aliphatic rings. The monoisotopic (exact) mass is 386 g/mol. The number of fused-ring (bicyclic) bond motifs is 1. The van der Waals surface area contributed by atoms with Crippen LogP contribution in [0.25, 0.3) is 10.9 Å². The lowest BCUT2D eigenvalue weighted by atomic mass is 9.79. The molecule has 0 aliphatic carbocycles. The van der Waals surface area contributed by atoms with E-state index in [1.54, 1.807) is 16.8 Å². The molecule has 1 unspecified atom stereocenters. The minimum atomic E-state index is -0.408. The number of carbonyl (C=O) groups excluding carboxylic acids is 1. The summed E-state index contributed by atoms with van der Waals surface area (Å²) in [6.45, 7) is 5.53. The van der Waals surface area contributed by atoms with Gasteiger partial charge in [-0.15, -0.1) is 0 Å². The lowest BCUT2D eigenvalue weighted by molar-refractivity contribution is 0.0780. The van der Waals surface area contributed by atoms with Crippen molar-refractivity contribution in [2.45, 2.75) is 19.8 Å². The van der Waals surface area contributed by atoms with Gasteiger partial charge in [-0.25, -0.2) is 9.37 Å². The number of likely N-dealkylation sites (tertiary alicyclic amines) is 1. The summed E-state index contributed by atoms with van der Waals surface area (Å²) < 4.78 is 15.3. The molecular formula is C20H20ClFN4O. The van der Waals surface area contributed by atoms with Gasteiger partial charge in [-0.2, -0.15) is 5.10 Å². The van der Waals surface area contributed by atoms with Crippen LogP contribution >= 0.6 is 11.6 Å².